The average molecular weight is 429 g/mol. The predicted octanol–water partition coefficient (Wildman–Crippen LogP) is 4.31. The molecule has 150 valence electrons. The van der Waals surface area contributed by atoms with E-state index in [9.17, 15) is 0 Å². The van der Waals surface area contributed by atoms with E-state index >= 15 is 0 Å². The summed E-state index contributed by atoms with van der Waals surface area (Å²) in [6.45, 7) is 0. The van der Waals surface area contributed by atoms with Crippen molar-refractivity contribution in [1.29, 1.82) is 0 Å². The zero-order valence-electron chi connectivity index (χ0n) is 16.3. The molecule has 2 aromatic heterocycles. The zero-order valence-corrected chi connectivity index (χ0v) is 17.9. The summed E-state index contributed by atoms with van der Waals surface area (Å²) in [5.74, 6) is 4.21. The SMILES string of the molecule is COc1cc(-c2nn3c(CSCc4ccccc4)nnc3s2)cc(OC)c1OC. The predicted molar refractivity (Wildman–Crippen MR) is 115 cm³/mol. The number of aromatic nitrogens is 4. The van der Waals surface area contributed by atoms with Crippen LogP contribution in [0.4, 0.5) is 0 Å². The summed E-state index contributed by atoms with van der Waals surface area (Å²) in [4.78, 5) is 0.754. The molecule has 0 aliphatic rings. The van der Waals surface area contributed by atoms with Crippen LogP contribution >= 0.6 is 23.1 Å². The minimum atomic E-state index is 0.555. The van der Waals surface area contributed by atoms with Crippen molar-refractivity contribution in [2.45, 2.75) is 11.5 Å². The van der Waals surface area contributed by atoms with Gasteiger partial charge in [-0.3, -0.25) is 0 Å². The van der Waals surface area contributed by atoms with Crippen molar-refractivity contribution >= 4 is 28.1 Å². The first kappa shape index (κ1) is 19.5. The second kappa shape index (κ2) is 8.71. The van der Waals surface area contributed by atoms with Gasteiger partial charge in [-0.05, 0) is 17.7 Å². The highest BCUT2D eigenvalue weighted by Crippen LogP contribution is 2.42. The van der Waals surface area contributed by atoms with Gasteiger partial charge in [0.15, 0.2) is 17.3 Å². The lowest BCUT2D eigenvalue weighted by Crippen LogP contribution is -1.97. The van der Waals surface area contributed by atoms with Gasteiger partial charge in [-0.25, -0.2) is 0 Å². The van der Waals surface area contributed by atoms with Gasteiger partial charge in [0.25, 0.3) is 0 Å². The van der Waals surface area contributed by atoms with E-state index in [0.717, 1.165) is 32.9 Å². The number of thioether (sulfide) groups is 1. The van der Waals surface area contributed by atoms with E-state index in [-0.39, 0.29) is 0 Å². The third-order valence-electron chi connectivity index (χ3n) is 4.31. The molecule has 7 nitrogen and oxygen atoms in total. The molecule has 4 aromatic rings. The number of hydrogen-bond donors (Lipinski definition) is 0. The fraction of sp³-hybridized carbons (Fsp3) is 0.250. The first-order valence-electron chi connectivity index (χ1n) is 8.86. The van der Waals surface area contributed by atoms with E-state index in [1.54, 1.807) is 37.6 Å². The van der Waals surface area contributed by atoms with Crippen molar-refractivity contribution in [3.63, 3.8) is 0 Å². The molecule has 0 atom stereocenters. The monoisotopic (exact) mass is 428 g/mol. The number of fused-ring (bicyclic) bond motifs is 1. The van der Waals surface area contributed by atoms with Gasteiger partial charge in [0.05, 0.1) is 27.1 Å². The van der Waals surface area contributed by atoms with Crippen LogP contribution in [0.25, 0.3) is 15.5 Å². The third-order valence-corrected chi connectivity index (χ3v) is 6.26. The molecule has 0 aliphatic heterocycles. The number of methoxy groups -OCH3 is 3. The number of benzene rings is 2. The zero-order chi connectivity index (χ0) is 20.2. The van der Waals surface area contributed by atoms with E-state index < -0.39 is 0 Å². The molecule has 0 fully saturated rings. The fourth-order valence-electron chi connectivity index (χ4n) is 2.90. The molecule has 0 radical (unpaired) electrons. The maximum atomic E-state index is 5.45. The standard InChI is InChI=1S/C20H20N4O3S2/c1-25-15-9-14(10-16(26-2)18(15)27-3)19-23-24-17(21-22-20(24)29-19)12-28-11-13-7-5-4-6-8-13/h4-10H,11-12H2,1-3H3. The number of nitrogens with zero attached hydrogens (tertiary/aromatic N) is 4. The number of ether oxygens (including phenoxy) is 3. The van der Waals surface area contributed by atoms with Gasteiger partial charge in [-0.15, -0.1) is 22.0 Å². The molecule has 0 saturated heterocycles. The quantitative estimate of drug-likeness (QED) is 0.414. The van der Waals surface area contributed by atoms with Gasteiger partial charge >= 0.3 is 0 Å². The summed E-state index contributed by atoms with van der Waals surface area (Å²) in [5, 5.41) is 14.1. The minimum absolute atomic E-state index is 0.555. The number of rotatable bonds is 8. The Morgan fingerprint density at radius 3 is 2.31 bits per heavy atom. The molecule has 0 aliphatic carbocycles. The molecular weight excluding hydrogens is 408 g/mol. The Hall–Kier alpha value is -2.78. The maximum absolute atomic E-state index is 5.45. The highest BCUT2D eigenvalue weighted by atomic mass is 32.2. The molecule has 4 rings (SSSR count). The van der Waals surface area contributed by atoms with E-state index in [1.807, 2.05) is 18.2 Å². The van der Waals surface area contributed by atoms with Gasteiger partial charge in [0, 0.05) is 11.3 Å². The summed E-state index contributed by atoms with van der Waals surface area (Å²) in [7, 11) is 4.78. The van der Waals surface area contributed by atoms with E-state index in [1.165, 1.54) is 16.9 Å². The van der Waals surface area contributed by atoms with Gasteiger partial charge in [-0.1, -0.05) is 41.7 Å². The van der Waals surface area contributed by atoms with Crippen LogP contribution in [0.5, 0.6) is 17.2 Å². The molecule has 2 aromatic carbocycles. The first-order chi connectivity index (χ1) is 14.2. The van der Waals surface area contributed by atoms with Crippen molar-refractivity contribution in [3.8, 4) is 27.8 Å². The Balaban J connectivity index is 1.58. The molecular formula is C20H20N4O3S2. The van der Waals surface area contributed by atoms with Crippen molar-refractivity contribution in [2.24, 2.45) is 0 Å². The summed E-state index contributed by atoms with van der Waals surface area (Å²) < 4.78 is 18.1. The van der Waals surface area contributed by atoms with Crippen LogP contribution in [-0.2, 0) is 11.5 Å². The van der Waals surface area contributed by atoms with Gasteiger partial charge in [-0.2, -0.15) is 9.61 Å². The second-order valence-corrected chi connectivity index (χ2v) is 8.05. The topological polar surface area (TPSA) is 70.8 Å². The van der Waals surface area contributed by atoms with Crippen LogP contribution < -0.4 is 14.2 Å². The Kier molecular flexibility index (Phi) is 5.86. The molecule has 0 bridgehead atoms. The van der Waals surface area contributed by atoms with E-state index in [2.05, 4.69) is 34.5 Å². The Labute approximate surface area is 176 Å². The minimum Gasteiger partial charge on any atom is -0.493 e. The summed E-state index contributed by atoms with van der Waals surface area (Å²) in [5.41, 5.74) is 2.16. The van der Waals surface area contributed by atoms with Gasteiger partial charge in [0.2, 0.25) is 10.7 Å². The van der Waals surface area contributed by atoms with Crippen LogP contribution in [0.3, 0.4) is 0 Å². The molecule has 2 heterocycles. The average Bonchev–Trinajstić information content (AvgIpc) is 3.35. The van der Waals surface area contributed by atoms with Crippen LogP contribution in [0, 0.1) is 0 Å². The van der Waals surface area contributed by atoms with E-state index in [4.69, 9.17) is 19.3 Å². The van der Waals surface area contributed by atoms with Crippen LogP contribution in [-0.4, -0.2) is 41.1 Å². The first-order valence-corrected chi connectivity index (χ1v) is 10.8. The lowest BCUT2D eigenvalue weighted by atomic mass is 10.2. The molecule has 0 amide bonds. The molecule has 0 N–H and O–H groups in total. The Bertz CT molecular complexity index is 1090. The highest BCUT2D eigenvalue weighted by Gasteiger charge is 2.18. The molecule has 9 heteroatoms. The van der Waals surface area contributed by atoms with E-state index in [0.29, 0.717) is 17.2 Å². The Morgan fingerprint density at radius 2 is 1.66 bits per heavy atom. The smallest absolute Gasteiger partial charge is 0.235 e. The van der Waals surface area contributed by atoms with Crippen molar-refractivity contribution in [2.75, 3.05) is 21.3 Å². The van der Waals surface area contributed by atoms with Crippen molar-refractivity contribution in [3.05, 3.63) is 53.9 Å². The molecule has 0 saturated carbocycles. The fourth-order valence-corrected chi connectivity index (χ4v) is 4.64. The second-order valence-electron chi connectivity index (χ2n) is 6.11. The van der Waals surface area contributed by atoms with Crippen LogP contribution in [0.2, 0.25) is 0 Å². The van der Waals surface area contributed by atoms with Crippen LogP contribution in [0.1, 0.15) is 11.4 Å². The van der Waals surface area contributed by atoms with Gasteiger partial charge in [0.1, 0.15) is 5.01 Å². The normalized spacial score (nSPS) is 11.0. The van der Waals surface area contributed by atoms with Crippen molar-refractivity contribution in [1.82, 2.24) is 19.8 Å². The molecule has 29 heavy (non-hydrogen) atoms. The highest BCUT2D eigenvalue weighted by molar-refractivity contribution is 7.97. The third kappa shape index (κ3) is 4.01. The van der Waals surface area contributed by atoms with Gasteiger partial charge < -0.3 is 14.2 Å². The van der Waals surface area contributed by atoms with Crippen LogP contribution in [0.15, 0.2) is 42.5 Å². The Morgan fingerprint density at radius 1 is 0.931 bits per heavy atom. The lowest BCUT2D eigenvalue weighted by molar-refractivity contribution is 0.324. The summed E-state index contributed by atoms with van der Waals surface area (Å²) >= 11 is 3.26. The molecule has 0 unspecified atom stereocenters. The lowest BCUT2D eigenvalue weighted by Gasteiger charge is -2.13. The largest absolute Gasteiger partial charge is 0.493 e. The summed E-state index contributed by atoms with van der Waals surface area (Å²) in [6.07, 6.45) is 0. The maximum Gasteiger partial charge on any atom is 0.235 e. The molecule has 0 spiro atoms. The number of hydrogen-bond acceptors (Lipinski definition) is 8. The van der Waals surface area contributed by atoms with Crippen molar-refractivity contribution < 1.29 is 14.2 Å². The summed E-state index contributed by atoms with van der Waals surface area (Å²) in [6, 6.07) is 14.1.